The van der Waals surface area contributed by atoms with Crippen LogP contribution in [0.15, 0.2) is 24.5 Å². The fraction of sp³-hybridized carbons (Fsp3) is 0.688. The Hall–Kier alpha value is -0.930. The Morgan fingerprint density at radius 3 is 2.79 bits per heavy atom. The molecule has 104 valence electrons. The van der Waals surface area contributed by atoms with Crippen LogP contribution in [-0.2, 0) is 6.42 Å². The van der Waals surface area contributed by atoms with Crippen molar-refractivity contribution >= 4 is 0 Å². The summed E-state index contributed by atoms with van der Waals surface area (Å²) in [4.78, 5) is 6.80. The first-order chi connectivity index (χ1) is 9.33. The van der Waals surface area contributed by atoms with Crippen molar-refractivity contribution in [2.45, 2.75) is 56.7 Å². The maximum atomic E-state index is 4.17. The first-order valence-corrected chi connectivity index (χ1v) is 7.67. The third-order valence-corrected chi connectivity index (χ3v) is 4.91. The highest BCUT2D eigenvalue weighted by molar-refractivity contribution is 5.08. The van der Waals surface area contributed by atoms with E-state index in [0.717, 1.165) is 31.1 Å². The number of pyridine rings is 1. The lowest BCUT2D eigenvalue weighted by Crippen LogP contribution is -2.54. The van der Waals surface area contributed by atoms with E-state index in [1.54, 1.807) is 0 Å². The van der Waals surface area contributed by atoms with Gasteiger partial charge in [0.25, 0.3) is 0 Å². The van der Waals surface area contributed by atoms with Crippen molar-refractivity contribution in [3.8, 4) is 0 Å². The average molecular weight is 259 g/mol. The van der Waals surface area contributed by atoms with Gasteiger partial charge in [0.05, 0.1) is 0 Å². The van der Waals surface area contributed by atoms with Gasteiger partial charge in [0.2, 0.25) is 0 Å². The molecule has 2 aliphatic rings. The number of fused-ring (bicyclic) bond motifs is 2. The highest BCUT2D eigenvalue weighted by atomic mass is 15.2. The Bertz CT molecular complexity index is 378. The summed E-state index contributed by atoms with van der Waals surface area (Å²) in [6, 6.07) is 6.56. The van der Waals surface area contributed by atoms with Gasteiger partial charge in [-0.1, -0.05) is 12.5 Å². The maximum Gasteiger partial charge on any atom is 0.0300 e. The minimum atomic E-state index is 0.725. The first-order valence-electron chi connectivity index (χ1n) is 7.67. The molecular formula is C16H25N3. The third kappa shape index (κ3) is 3.15. The molecule has 2 bridgehead atoms. The van der Waals surface area contributed by atoms with Crippen LogP contribution in [0.4, 0.5) is 0 Å². The molecule has 3 rings (SSSR count). The Morgan fingerprint density at radius 2 is 2.11 bits per heavy atom. The molecule has 3 nitrogen and oxygen atoms in total. The summed E-state index contributed by atoms with van der Waals surface area (Å²) < 4.78 is 0. The Labute approximate surface area is 116 Å². The molecule has 0 amide bonds. The van der Waals surface area contributed by atoms with E-state index in [0.29, 0.717) is 0 Å². The Kier molecular flexibility index (Phi) is 4.14. The van der Waals surface area contributed by atoms with Gasteiger partial charge in [-0.15, -0.1) is 0 Å². The molecule has 0 aromatic carbocycles. The number of nitrogens with one attached hydrogen (secondary N) is 1. The third-order valence-electron chi connectivity index (χ3n) is 4.91. The summed E-state index contributed by atoms with van der Waals surface area (Å²) in [5, 5.41) is 3.76. The van der Waals surface area contributed by atoms with E-state index in [2.05, 4.69) is 28.3 Å². The fourth-order valence-corrected chi connectivity index (χ4v) is 3.75. The molecule has 1 aromatic rings. The first kappa shape index (κ1) is 13.1. The lowest BCUT2D eigenvalue weighted by atomic mass is 9.82. The molecular weight excluding hydrogens is 234 g/mol. The zero-order valence-electron chi connectivity index (χ0n) is 11.9. The number of piperidine rings is 2. The molecule has 2 aliphatic heterocycles. The van der Waals surface area contributed by atoms with Crippen LogP contribution in [0.5, 0.6) is 0 Å². The van der Waals surface area contributed by atoms with E-state index < -0.39 is 0 Å². The van der Waals surface area contributed by atoms with Gasteiger partial charge in [-0.25, -0.2) is 0 Å². The molecule has 3 heterocycles. The summed E-state index contributed by atoms with van der Waals surface area (Å²) in [5.74, 6) is 0. The van der Waals surface area contributed by atoms with Gasteiger partial charge in [0.1, 0.15) is 0 Å². The quantitative estimate of drug-likeness (QED) is 0.899. The Balaban J connectivity index is 1.46. The van der Waals surface area contributed by atoms with E-state index in [1.807, 2.05) is 18.5 Å². The zero-order chi connectivity index (χ0) is 13.1. The van der Waals surface area contributed by atoms with Crippen molar-refractivity contribution in [3.63, 3.8) is 0 Å². The van der Waals surface area contributed by atoms with E-state index in [4.69, 9.17) is 0 Å². The number of nitrogens with zero attached hydrogens (tertiary/aromatic N) is 2. The molecule has 0 spiro atoms. The second-order valence-corrected chi connectivity index (χ2v) is 6.14. The number of hydrogen-bond acceptors (Lipinski definition) is 3. The Morgan fingerprint density at radius 1 is 1.32 bits per heavy atom. The molecule has 2 fully saturated rings. The van der Waals surface area contributed by atoms with Gasteiger partial charge in [0, 0.05) is 30.5 Å². The maximum absolute atomic E-state index is 4.17. The topological polar surface area (TPSA) is 28.2 Å². The van der Waals surface area contributed by atoms with Crippen LogP contribution in [0.2, 0.25) is 0 Å². The minimum absolute atomic E-state index is 0.725. The van der Waals surface area contributed by atoms with Crippen LogP contribution in [0.3, 0.4) is 0 Å². The lowest BCUT2D eigenvalue weighted by molar-refractivity contribution is 0.0488. The van der Waals surface area contributed by atoms with Gasteiger partial charge in [-0.3, -0.25) is 4.98 Å². The summed E-state index contributed by atoms with van der Waals surface area (Å²) in [5.41, 5.74) is 1.34. The van der Waals surface area contributed by atoms with Gasteiger partial charge >= 0.3 is 0 Å². The minimum Gasteiger partial charge on any atom is -0.314 e. The van der Waals surface area contributed by atoms with E-state index in [9.17, 15) is 0 Å². The number of hydrogen-bond donors (Lipinski definition) is 1. The van der Waals surface area contributed by atoms with Crippen molar-refractivity contribution in [2.24, 2.45) is 0 Å². The van der Waals surface area contributed by atoms with Crippen LogP contribution in [0.25, 0.3) is 0 Å². The molecule has 2 atom stereocenters. The molecule has 0 radical (unpaired) electrons. The van der Waals surface area contributed by atoms with Crippen LogP contribution >= 0.6 is 0 Å². The fourth-order valence-electron chi connectivity index (χ4n) is 3.75. The van der Waals surface area contributed by atoms with Gasteiger partial charge < -0.3 is 10.2 Å². The predicted molar refractivity (Wildman–Crippen MR) is 78.2 cm³/mol. The van der Waals surface area contributed by atoms with Gasteiger partial charge in [-0.05, 0) is 57.3 Å². The number of aromatic nitrogens is 1. The second kappa shape index (κ2) is 6.02. The monoisotopic (exact) mass is 259 g/mol. The van der Waals surface area contributed by atoms with Crippen molar-refractivity contribution in [2.75, 3.05) is 13.6 Å². The summed E-state index contributed by atoms with van der Waals surface area (Å²) in [6.45, 7) is 1.08. The zero-order valence-corrected chi connectivity index (χ0v) is 11.9. The van der Waals surface area contributed by atoms with Crippen molar-refractivity contribution < 1.29 is 0 Å². The van der Waals surface area contributed by atoms with E-state index in [-0.39, 0.29) is 0 Å². The van der Waals surface area contributed by atoms with Gasteiger partial charge in [0.15, 0.2) is 0 Å². The lowest BCUT2D eigenvalue weighted by Gasteiger charge is -2.47. The van der Waals surface area contributed by atoms with E-state index in [1.165, 1.54) is 37.7 Å². The van der Waals surface area contributed by atoms with Gasteiger partial charge in [-0.2, -0.15) is 0 Å². The molecule has 2 saturated heterocycles. The van der Waals surface area contributed by atoms with Crippen LogP contribution in [-0.4, -0.2) is 41.6 Å². The molecule has 0 saturated carbocycles. The smallest absolute Gasteiger partial charge is 0.0300 e. The van der Waals surface area contributed by atoms with Crippen molar-refractivity contribution in [1.82, 2.24) is 15.2 Å². The largest absolute Gasteiger partial charge is 0.314 e. The van der Waals surface area contributed by atoms with Crippen LogP contribution in [0.1, 0.15) is 37.7 Å². The molecule has 1 aromatic heterocycles. The van der Waals surface area contributed by atoms with E-state index >= 15 is 0 Å². The standard InChI is InChI=1S/C16H25N3/c1-19-15-5-2-6-16(19)11-14(10-15)18-9-7-13-4-3-8-17-12-13/h3-4,8,12,14-16,18H,2,5-7,9-11H2,1H3. The van der Waals surface area contributed by atoms with Crippen LogP contribution < -0.4 is 5.32 Å². The molecule has 3 heteroatoms. The summed E-state index contributed by atoms with van der Waals surface area (Å²) in [6.07, 6.45) is 11.8. The van der Waals surface area contributed by atoms with Crippen molar-refractivity contribution in [3.05, 3.63) is 30.1 Å². The summed E-state index contributed by atoms with van der Waals surface area (Å²) in [7, 11) is 2.32. The highest BCUT2D eigenvalue weighted by Gasteiger charge is 2.35. The average Bonchev–Trinajstić information content (AvgIpc) is 2.41. The summed E-state index contributed by atoms with van der Waals surface area (Å²) >= 11 is 0. The second-order valence-electron chi connectivity index (χ2n) is 6.14. The molecule has 19 heavy (non-hydrogen) atoms. The van der Waals surface area contributed by atoms with Crippen molar-refractivity contribution in [1.29, 1.82) is 0 Å². The molecule has 2 unspecified atom stereocenters. The number of rotatable bonds is 4. The molecule has 1 N–H and O–H groups in total. The SMILES string of the molecule is CN1C2CCCC1CC(NCCc1cccnc1)C2. The van der Waals surface area contributed by atoms with Crippen LogP contribution in [0, 0.1) is 0 Å². The predicted octanol–water partition coefficient (Wildman–Crippen LogP) is 2.23. The highest BCUT2D eigenvalue weighted by Crippen LogP contribution is 2.32. The normalized spacial score (nSPS) is 31.3. The molecule has 0 aliphatic carbocycles.